The molecule has 0 saturated carbocycles. The van der Waals surface area contributed by atoms with Gasteiger partial charge in [0.2, 0.25) is 0 Å². The van der Waals surface area contributed by atoms with Gasteiger partial charge in [-0.2, -0.15) is 0 Å². The highest BCUT2D eigenvalue weighted by atomic mass is 35.5. The number of hydrogen-bond acceptors (Lipinski definition) is 3. The molecule has 0 radical (unpaired) electrons. The number of carboxylic acid groups (broad SMARTS) is 1. The Morgan fingerprint density at radius 1 is 1.08 bits per heavy atom. The summed E-state index contributed by atoms with van der Waals surface area (Å²) in [4.78, 5) is 12.0. The Hall–Kier alpha value is -1.36. The van der Waals surface area contributed by atoms with Crippen LogP contribution in [0, 0.1) is 0 Å². The Bertz CT molecular complexity index is 792. The van der Waals surface area contributed by atoms with E-state index in [4.69, 9.17) is 33.0 Å². The van der Waals surface area contributed by atoms with Crippen LogP contribution in [0.5, 0.6) is 5.75 Å². The van der Waals surface area contributed by atoms with Crippen molar-refractivity contribution < 1.29 is 14.6 Å². The van der Waals surface area contributed by atoms with E-state index in [0.29, 0.717) is 15.8 Å². The summed E-state index contributed by atoms with van der Waals surface area (Å²) in [5.41, 5.74) is 3.57. The molecule has 0 heterocycles. The van der Waals surface area contributed by atoms with E-state index in [1.54, 1.807) is 11.8 Å². The smallest absolute Gasteiger partial charge is 0.341 e. The van der Waals surface area contributed by atoms with Crippen LogP contribution in [0.2, 0.25) is 10.0 Å². The highest BCUT2D eigenvalue weighted by Crippen LogP contribution is 2.38. The largest absolute Gasteiger partial charge is 0.482 e. The van der Waals surface area contributed by atoms with Gasteiger partial charge < -0.3 is 9.84 Å². The molecule has 0 unspecified atom stereocenters. The van der Waals surface area contributed by atoms with Crippen molar-refractivity contribution in [2.24, 2.45) is 0 Å². The quantitative estimate of drug-likeness (QED) is 0.642. The summed E-state index contributed by atoms with van der Waals surface area (Å²) in [6.07, 6.45) is 4.20. The number of ether oxygens (including phenoxy) is 1. The van der Waals surface area contributed by atoms with Gasteiger partial charge in [-0.25, -0.2) is 4.79 Å². The van der Waals surface area contributed by atoms with Crippen LogP contribution in [0.1, 0.15) is 29.5 Å². The van der Waals surface area contributed by atoms with Crippen LogP contribution >= 0.6 is 35.0 Å². The third-order valence-electron chi connectivity index (χ3n) is 4.18. The molecule has 3 rings (SSSR count). The minimum Gasteiger partial charge on any atom is -0.482 e. The molecule has 132 valence electrons. The Labute approximate surface area is 161 Å². The molecule has 1 aliphatic rings. The van der Waals surface area contributed by atoms with Crippen molar-refractivity contribution >= 4 is 40.9 Å². The molecule has 2 aromatic carbocycles. The molecule has 25 heavy (non-hydrogen) atoms. The lowest BCUT2D eigenvalue weighted by Gasteiger charge is -2.22. The standard InChI is InChI=1S/C19H18Cl2O3S/c20-15-6-5-12(9-16(15)21)11-25-18-8-7-17(24-10-19(22)23)13-3-1-2-4-14(13)18/h5-9H,1-4,10-11H2,(H,22,23). The van der Waals surface area contributed by atoms with Gasteiger partial charge in [0.25, 0.3) is 0 Å². The van der Waals surface area contributed by atoms with E-state index in [1.165, 1.54) is 10.5 Å². The second kappa shape index (κ2) is 8.35. The molecule has 3 nitrogen and oxygen atoms in total. The van der Waals surface area contributed by atoms with Crippen molar-refractivity contribution in [3.8, 4) is 5.75 Å². The summed E-state index contributed by atoms with van der Waals surface area (Å²) in [7, 11) is 0. The fourth-order valence-corrected chi connectivity index (χ4v) is 4.39. The van der Waals surface area contributed by atoms with E-state index in [2.05, 4.69) is 0 Å². The molecule has 0 saturated heterocycles. The predicted molar refractivity (Wildman–Crippen MR) is 102 cm³/mol. The lowest BCUT2D eigenvalue weighted by Crippen LogP contribution is -2.13. The molecule has 1 N–H and O–H groups in total. The van der Waals surface area contributed by atoms with Crippen molar-refractivity contribution in [1.29, 1.82) is 0 Å². The highest BCUT2D eigenvalue weighted by molar-refractivity contribution is 7.98. The minimum atomic E-state index is -0.956. The van der Waals surface area contributed by atoms with E-state index < -0.39 is 5.97 Å². The first-order valence-corrected chi connectivity index (χ1v) is 9.85. The molecule has 0 bridgehead atoms. The Kier molecular flexibility index (Phi) is 6.15. The van der Waals surface area contributed by atoms with E-state index in [-0.39, 0.29) is 6.61 Å². The second-order valence-electron chi connectivity index (χ2n) is 5.95. The highest BCUT2D eigenvalue weighted by Gasteiger charge is 2.19. The van der Waals surface area contributed by atoms with Crippen molar-refractivity contribution in [3.05, 3.63) is 57.1 Å². The monoisotopic (exact) mass is 396 g/mol. The number of carboxylic acids is 1. The van der Waals surface area contributed by atoms with E-state index in [1.807, 2.05) is 30.3 Å². The van der Waals surface area contributed by atoms with Crippen molar-refractivity contribution in [2.45, 2.75) is 36.3 Å². The van der Waals surface area contributed by atoms with Gasteiger partial charge in [-0.05, 0) is 66.6 Å². The molecular weight excluding hydrogens is 379 g/mol. The molecule has 6 heteroatoms. The topological polar surface area (TPSA) is 46.5 Å². The lowest BCUT2D eigenvalue weighted by atomic mass is 9.91. The summed E-state index contributed by atoms with van der Waals surface area (Å²) >= 11 is 13.8. The van der Waals surface area contributed by atoms with Crippen molar-refractivity contribution in [3.63, 3.8) is 0 Å². The normalized spacial score (nSPS) is 13.4. The Morgan fingerprint density at radius 3 is 2.56 bits per heavy atom. The summed E-state index contributed by atoms with van der Waals surface area (Å²) < 4.78 is 5.47. The Balaban J connectivity index is 1.79. The average molecular weight is 397 g/mol. The number of aliphatic carboxylic acids is 1. The van der Waals surface area contributed by atoms with Gasteiger partial charge >= 0.3 is 5.97 Å². The zero-order valence-electron chi connectivity index (χ0n) is 13.6. The molecule has 1 aliphatic carbocycles. The summed E-state index contributed by atoms with van der Waals surface area (Å²) in [5, 5.41) is 9.97. The third-order valence-corrected chi connectivity index (χ3v) is 6.09. The van der Waals surface area contributed by atoms with Crippen LogP contribution in [-0.4, -0.2) is 17.7 Å². The SMILES string of the molecule is O=C(O)COc1ccc(SCc2ccc(Cl)c(Cl)c2)c2c1CCCC2. The van der Waals surface area contributed by atoms with E-state index in [0.717, 1.165) is 42.6 Å². The van der Waals surface area contributed by atoms with Crippen LogP contribution in [0.25, 0.3) is 0 Å². The van der Waals surface area contributed by atoms with Gasteiger partial charge in [-0.15, -0.1) is 11.8 Å². The third kappa shape index (κ3) is 4.63. The first kappa shape index (κ1) is 18.4. The maximum atomic E-state index is 10.8. The number of thioether (sulfide) groups is 1. The first-order valence-electron chi connectivity index (χ1n) is 8.10. The van der Waals surface area contributed by atoms with Crippen LogP contribution in [0.4, 0.5) is 0 Å². The molecule has 0 aliphatic heterocycles. The first-order chi connectivity index (χ1) is 12.0. The van der Waals surface area contributed by atoms with Gasteiger partial charge in [-0.1, -0.05) is 29.3 Å². The fourth-order valence-electron chi connectivity index (χ4n) is 3.00. The van der Waals surface area contributed by atoms with Gasteiger partial charge in [0.1, 0.15) is 5.75 Å². The zero-order valence-corrected chi connectivity index (χ0v) is 15.9. The molecule has 2 aromatic rings. The number of benzene rings is 2. The van der Waals surface area contributed by atoms with Crippen LogP contribution in [-0.2, 0) is 23.4 Å². The van der Waals surface area contributed by atoms with Crippen molar-refractivity contribution in [1.82, 2.24) is 0 Å². The molecule has 0 spiro atoms. The second-order valence-corrected chi connectivity index (χ2v) is 7.78. The number of carbonyl (C=O) groups is 1. The van der Waals surface area contributed by atoms with Crippen LogP contribution in [0.3, 0.4) is 0 Å². The number of hydrogen-bond donors (Lipinski definition) is 1. The Morgan fingerprint density at radius 2 is 1.84 bits per heavy atom. The van der Waals surface area contributed by atoms with Crippen LogP contribution < -0.4 is 4.74 Å². The number of rotatable bonds is 6. The fraction of sp³-hybridized carbons (Fsp3) is 0.316. The summed E-state index contributed by atoms with van der Waals surface area (Å²) in [6, 6.07) is 9.62. The summed E-state index contributed by atoms with van der Waals surface area (Å²) in [6.45, 7) is -0.303. The van der Waals surface area contributed by atoms with Gasteiger partial charge in [0, 0.05) is 10.6 Å². The van der Waals surface area contributed by atoms with Crippen LogP contribution in [0.15, 0.2) is 35.2 Å². The number of halogens is 2. The average Bonchev–Trinajstić information content (AvgIpc) is 2.61. The number of fused-ring (bicyclic) bond motifs is 1. The molecule has 0 fully saturated rings. The maximum absolute atomic E-state index is 10.8. The molecule has 0 amide bonds. The molecule has 0 aromatic heterocycles. The van der Waals surface area contributed by atoms with Gasteiger partial charge in [-0.3, -0.25) is 0 Å². The van der Waals surface area contributed by atoms with E-state index in [9.17, 15) is 4.79 Å². The minimum absolute atomic E-state index is 0.303. The summed E-state index contributed by atoms with van der Waals surface area (Å²) in [5.74, 6) is 0.553. The zero-order chi connectivity index (χ0) is 17.8. The molecule has 0 atom stereocenters. The van der Waals surface area contributed by atoms with Crippen molar-refractivity contribution in [2.75, 3.05) is 6.61 Å². The predicted octanol–water partition coefficient (Wildman–Crippen LogP) is 5.63. The maximum Gasteiger partial charge on any atom is 0.341 e. The molecular formula is C19H18Cl2O3S. The lowest BCUT2D eigenvalue weighted by molar-refractivity contribution is -0.139. The van der Waals surface area contributed by atoms with Gasteiger partial charge in [0.05, 0.1) is 10.0 Å². The van der Waals surface area contributed by atoms with Gasteiger partial charge in [0.15, 0.2) is 6.61 Å². The van der Waals surface area contributed by atoms with E-state index >= 15 is 0 Å².